The Bertz CT molecular complexity index is 467. The van der Waals surface area contributed by atoms with E-state index in [-0.39, 0.29) is 23.3 Å². The molecule has 1 aromatic heterocycles. The van der Waals surface area contributed by atoms with Crippen LogP contribution in [0.15, 0.2) is 17.3 Å². The van der Waals surface area contributed by atoms with Crippen LogP contribution in [-0.4, -0.2) is 48.7 Å². The zero-order valence-corrected chi connectivity index (χ0v) is 11.5. The van der Waals surface area contributed by atoms with Crippen LogP contribution in [0, 0.1) is 0 Å². The lowest BCUT2D eigenvalue weighted by molar-refractivity contribution is 0.387. The second-order valence-electron chi connectivity index (χ2n) is 4.02. The Balaban J connectivity index is 0.00000144. The highest BCUT2D eigenvalue weighted by Gasteiger charge is 2.30. The molecule has 0 aromatic carbocycles. The minimum absolute atomic E-state index is 0. The van der Waals surface area contributed by atoms with E-state index in [1.165, 1.54) is 21.4 Å². The molecule has 6 nitrogen and oxygen atoms in total. The van der Waals surface area contributed by atoms with Gasteiger partial charge in [0, 0.05) is 32.9 Å². The van der Waals surface area contributed by atoms with Crippen LogP contribution < -0.4 is 5.32 Å². The summed E-state index contributed by atoms with van der Waals surface area (Å²) < 4.78 is 27.3. The molecule has 1 aromatic rings. The molecule has 8 heteroatoms. The third kappa shape index (κ3) is 2.79. The lowest BCUT2D eigenvalue weighted by Crippen LogP contribution is -2.38. The van der Waals surface area contributed by atoms with Crippen molar-refractivity contribution in [3.8, 4) is 0 Å². The summed E-state index contributed by atoms with van der Waals surface area (Å²) in [7, 11) is -0.0621. The summed E-state index contributed by atoms with van der Waals surface area (Å²) in [5, 5.41) is 7.04. The Morgan fingerprint density at radius 2 is 2.29 bits per heavy atom. The normalized spacial score (nSPS) is 20.5. The van der Waals surface area contributed by atoms with Gasteiger partial charge in [0.25, 0.3) is 0 Å². The fraction of sp³-hybridized carbons (Fsp3) is 0.667. The Morgan fingerprint density at radius 3 is 2.76 bits per heavy atom. The molecule has 0 aliphatic carbocycles. The molecule has 1 fully saturated rings. The Labute approximate surface area is 107 Å². The molecule has 1 aliphatic heterocycles. The summed E-state index contributed by atoms with van der Waals surface area (Å²) in [4.78, 5) is 0.254. The highest BCUT2D eigenvalue weighted by Crippen LogP contribution is 2.18. The van der Waals surface area contributed by atoms with Gasteiger partial charge in [-0.2, -0.15) is 9.40 Å². The highest BCUT2D eigenvalue weighted by molar-refractivity contribution is 7.89. The zero-order chi connectivity index (χ0) is 11.8. The van der Waals surface area contributed by atoms with Gasteiger partial charge in [0.15, 0.2) is 0 Å². The number of aryl methyl sites for hydroxylation is 1. The second-order valence-corrected chi connectivity index (χ2v) is 6.02. The number of nitrogens with one attached hydrogen (secondary N) is 1. The molecule has 2 heterocycles. The van der Waals surface area contributed by atoms with E-state index in [9.17, 15) is 8.42 Å². The first-order chi connectivity index (χ1) is 7.51. The van der Waals surface area contributed by atoms with Gasteiger partial charge in [-0.1, -0.05) is 0 Å². The third-order valence-corrected chi connectivity index (χ3v) is 4.77. The monoisotopic (exact) mass is 280 g/mol. The van der Waals surface area contributed by atoms with Crippen LogP contribution in [0.1, 0.15) is 6.42 Å². The fourth-order valence-electron chi connectivity index (χ4n) is 1.84. The van der Waals surface area contributed by atoms with Crippen molar-refractivity contribution in [2.75, 3.05) is 20.1 Å². The first-order valence-electron chi connectivity index (χ1n) is 5.19. The van der Waals surface area contributed by atoms with E-state index in [1.54, 1.807) is 14.1 Å². The van der Waals surface area contributed by atoms with Crippen LogP contribution in [0.4, 0.5) is 0 Å². The van der Waals surface area contributed by atoms with Gasteiger partial charge in [-0.3, -0.25) is 4.68 Å². The average Bonchev–Trinajstić information content (AvgIpc) is 2.86. The Morgan fingerprint density at radius 1 is 1.59 bits per heavy atom. The van der Waals surface area contributed by atoms with Crippen LogP contribution in [0.3, 0.4) is 0 Å². The molecule has 0 bridgehead atoms. The average molecular weight is 281 g/mol. The summed E-state index contributed by atoms with van der Waals surface area (Å²) >= 11 is 0. The van der Waals surface area contributed by atoms with Crippen LogP contribution >= 0.6 is 12.4 Å². The molecule has 0 spiro atoms. The summed E-state index contributed by atoms with van der Waals surface area (Å²) in [6.45, 7) is 1.59. The second kappa shape index (κ2) is 5.34. The van der Waals surface area contributed by atoms with Gasteiger partial charge in [0.05, 0.1) is 6.20 Å². The first kappa shape index (κ1) is 14.4. The number of sulfonamides is 1. The van der Waals surface area contributed by atoms with E-state index in [4.69, 9.17) is 0 Å². The van der Waals surface area contributed by atoms with E-state index in [0.717, 1.165) is 19.5 Å². The highest BCUT2D eigenvalue weighted by atomic mass is 35.5. The fourth-order valence-corrected chi connectivity index (χ4v) is 3.22. The number of aromatic nitrogens is 2. The minimum Gasteiger partial charge on any atom is -0.315 e. The summed E-state index contributed by atoms with van der Waals surface area (Å²) in [5.41, 5.74) is 0. The molecule has 1 unspecified atom stereocenters. The maximum absolute atomic E-state index is 12.2. The first-order valence-corrected chi connectivity index (χ1v) is 6.63. The van der Waals surface area contributed by atoms with Crippen molar-refractivity contribution in [1.29, 1.82) is 0 Å². The van der Waals surface area contributed by atoms with E-state index in [2.05, 4.69) is 10.4 Å². The van der Waals surface area contributed by atoms with Gasteiger partial charge in [-0.25, -0.2) is 8.42 Å². The van der Waals surface area contributed by atoms with Crippen molar-refractivity contribution in [3.05, 3.63) is 12.4 Å². The lowest BCUT2D eigenvalue weighted by Gasteiger charge is -2.22. The van der Waals surface area contributed by atoms with Crippen LogP contribution in [0.25, 0.3) is 0 Å². The standard InChI is InChI=1S/C9H16N4O2S.ClH/c1-12-7-9(6-11-12)16(14,15)13(2)8-3-4-10-5-8;/h6-8,10H,3-5H2,1-2H3;1H. The molecule has 2 rings (SSSR count). The van der Waals surface area contributed by atoms with Crippen LogP contribution in [0.2, 0.25) is 0 Å². The maximum Gasteiger partial charge on any atom is 0.246 e. The minimum atomic E-state index is -3.39. The summed E-state index contributed by atoms with van der Waals surface area (Å²) in [6, 6.07) is 0.0465. The third-order valence-electron chi connectivity index (χ3n) is 2.91. The quantitative estimate of drug-likeness (QED) is 0.834. The maximum atomic E-state index is 12.2. The largest absolute Gasteiger partial charge is 0.315 e. The molecule has 17 heavy (non-hydrogen) atoms. The number of rotatable bonds is 3. The van der Waals surface area contributed by atoms with E-state index in [0.29, 0.717) is 0 Å². The van der Waals surface area contributed by atoms with Crippen LogP contribution in [-0.2, 0) is 17.1 Å². The van der Waals surface area contributed by atoms with Crippen molar-refractivity contribution in [2.24, 2.45) is 7.05 Å². The van der Waals surface area contributed by atoms with Crippen molar-refractivity contribution in [3.63, 3.8) is 0 Å². The number of hydrogen-bond acceptors (Lipinski definition) is 4. The summed E-state index contributed by atoms with van der Waals surface area (Å²) in [5.74, 6) is 0. The lowest BCUT2D eigenvalue weighted by atomic mass is 10.3. The van der Waals surface area contributed by atoms with Gasteiger partial charge in [0.1, 0.15) is 4.90 Å². The van der Waals surface area contributed by atoms with Gasteiger partial charge in [0.2, 0.25) is 10.0 Å². The van der Waals surface area contributed by atoms with Gasteiger partial charge >= 0.3 is 0 Å². The van der Waals surface area contributed by atoms with Crippen LogP contribution in [0.5, 0.6) is 0 Å². The molecule has 0 radical (unpaired) electrons. The molecular formula is C9H17ClN4O2S. The van der Waals surface area contributed by atoms with Gasteiger partial charge in [-0.05, 0) is 13.0 Å². The van der Waals surface area contributed by atoms with E-state index in [1.807, 2.05) is 0 Å². The predicted molar refractivity (Wildman–Crippen MR) is 66.7 cm³/mol. The van der Waals surface area contributed by atoms with Gasteiger partial charge < -0.3 is 5.32 Å². The number of halogens is 1. The SMILES string of the molecule is CN(C1CCNC1)S(=O)(=O)c1cnn(C)c1.Cl. The Kier molecular flexibility index (Phi) is 4.54. The van der Waals surface area contributed by atoms with Crippen molar-refractivity contribution >= 4 is 22.4 Å². The smallest absolute Gasteiger partial charge is 0.246 e. The van der Waals surface area contributed by atoms with Crippen molar-refractivity contribution in [2.45, 2.75) is 17.4 Å². The molecule has 0 amide bonds. The number of likely N-dealkylation sites (N-methyl/N-ethyl adjacent to an activating group) is 1. The predicted octanol–water partition coefficient (Wildman–Crippen LogP) is -0.176. The van der Waals surface area contributed by atoms with E-state index < -0.39 is 10.0 Å². The molecule has 0 saturated carbocycles. The molecular weight excluding hydrogens is 264 g/mol. The topological polar surface area (TPSA) is 67.2 Å². The number of nitrogens with zero attached hydrogens (tertiary/aromatic N) is 3. The summed E-state index contributed by atoms with van der Waals surface area (Å²) in [6.07, 6.45) is 3.76. The zero-order valence-electron chi connectivity index (χ0n) is 9.83. The van der Waals surface area contributed by atoms with Crippen molar-refractivity contribution in [1.82, 2.24) is 19.4 Å². The molecule has 1 aliphatic rings. The molecule has 1 saturated heterocycles. The Hall–Kier alpha value is -0.630. The molecule has 1 atom stereocenters. The molecule has 1 N–H and O–H groups in total. The van der Waals surface area contributed by atoms with E-state index >= 15 is 0 Å². The van der Waals surface area contributed by atoms with Gasteiger partial charge in [-0.15, -0.1) is 12.4 Å². The number of hydrogen-bond donors (Lipinski definition) is 1. The molecule has 98 valence electrons. The van der Waals surface area contributed by atoms with Crippen molar-refractivity contribution < 1.29 is 8.42 Å².